The predicted molar refractivity (Wildman–Crippen MR) is 48.2 cm³/mol. The summed E-state index contributed by atoms with van der Waals surface area (Å²) in [6, 6.07) is 6.08. The standard InChI is InChI=1S/C9H11NO5/c11-8(6-4-2-1-3-5-6)7(9(12)13)10(14)15/h1-5,7-8,11,14-15H,(H,12,13)/t7-,8?/m0/s1. The van der Waals surface area contributed by atoms with Crippen molar-refractivity contribution < 1.29 is 25.4 Å². The molecule has 0 fully saturated rings. The molecule has 0 amide bonds. The van der Waals surface area contributed by atoms with E-state index in [0.717, 1.165) is 0 Å². The smallest absolute Gasteiger partial charge is 0.329 e. The highest BCUT2D eigenvalue weighted by atomic mass is 16.8. The molecule has 82 valence electrons. The van der Waals surface area contributed by atoms with Gasteiger partial charge >= 0.3 is 5.97 Å². The first-order valence-corrected chi connectivity index (χ1v) is 4.17. The van der Waals surface area contributed by atoms with Crippen LogP contribution in [-0.4, -0.2) is 37.9 Å². The first-order valence-electron chi connectivity index (χ1n) is 4.17. The molecule has 1 aromatic rings. The van der Waals surface area contributed by atoms with Gasteiger partial charge in [-0.3, -0.25) is 15.2 Å². The lowest BCUT2D eigenvalue weighted by atomic mass is 10.0. The zero-order chi connectivity index (χ0) is 11.4. The molecule has 0 aliphatic carbocycles. The lowest BCUT2D eigenvalue weighted by Crippen LogP contribution is -2.41. The van der Waals surface area contributed by atoms with Gasteiger partial charge in [-0.15, -0.1) is 0 Å². The minimum Gasteiger partial charge on any atom is -0.480 e. The fourth-order valence-corrected chi connectivity index (χ4v) is 1.19. The molecule has 0 saturated heterocycles. The van der Waals surface area contributed by atoms with Gasteiger partial charge in [0.25, 0.3) is 0 Å². The van der Waals surface area contributed by atoms with Crippen molar-refractivity contribution in [3.8, 4) is 0 Å². The maximum atomic E-state index is 10.6. The Morgan fingerprint density at radius 3 is 2.13 bits per heavy atom. The number of hydrogen-bond donors (Lipinski definition) is 4. The maximum Gasteiger partial charge on any atom is 0.329 e. The number of carboxylic acids is 1. The molecule has 0 heterocycles. The molecule has 0 bridgehead atoms. The van der Waals surface area contributed by atoms with Gasteiger partial charge in [-0.1, -0.05) is 35.6 Å². The molecule has 15 heavy (non-hydrogen) atoms. The van der Waals surface area contributed by atoms with Gasteiger partial charge in [0.2, 0.25) is 0 Å². The Labute approximate surface area is 85.5 Å². The molecule has 0 saturated carbocycles. The number of carbonyl (C=O) groups is 1. The number of aliphatic hydroxyl groups excluding tert-OH is 1. The van der Waals surface area contributed by atoms with Crippen LogP contribution in [0.4, 0.5) is 0 Å². The Bertz CT molecular complexity index is 327. The Morgan fingerprint density at radius 2 is 1.73 bits per heavy atom. The van der Waals surface area contributed by atoms with Crippen molar-refractivity contribution >= 4 is 5.97 Å². The van der Waals surface area contributed by atoms with Crippen molar-refractivity contribution in [1.29, 1.82) is 0 Å². The van der Waals surface area contributed by atoms with E-state index in [4.69, 9.17) is 15.5 Å². The summed E-state index contributed by atoms with van der Waals surface area (Å²) in [5, 5.41) is 35.0. The molecule has 0 aliphatic rings. The van der Waals surface area contributed by atoms with E-state index in [-0.39, 0.29) is 5.56 Å². The summed E-state index contributed by atoms with van der Waals surface area (Å²) in [4.78, 5) is 10.6. The highest BCUT2D eigenvalue weighted by Crippen LogP contribution is 2.19. The lowest BCUT2D eigenvalue weighted by Gasteiger charge is -2.21. The van der Waals surface area contributed by atoms with E-state index in [1.165, 1.54) is 12.1 Å². The summed E-state index contributed by atoms with van der Waals surface area (Å²) < 4.78 is 0. The normalized spacial score (nSPS) is 14.9. The van der Waals surface area contributed by atoms with Crippen LogP contribution < -0.4 is 0 Å². The average Bonchev–Trinajstić information content (AvgIpc) is 2.18. The minimum atomic E-state index is -1.81. The van der Waals surface area contributed by atoms with Gasteiger partial charge in [-0.25, -0.2) is 0 Å². The first-order chi connectivity index (χ1) is 7.04. The van der Waals surface area contributed by atoms with E-state index in [9.17, 15) is 9.90 Å². The Morgan fingerprint density at radius 1 is 1.20 bits per heavy atom. The first kappa shape index (κ1) is 11.6. The number of hydrogen-bond acceptors (Lipinski definition) is 5. The van der Waals surface area contributed by atoms with Crippen LogP contribution >= 0.6 is 0 Å². The highest BCUT2D eigenvalue weighted by molar-refractivity contribution is 5.74. The number of rotatable bonds is 4. The Balaban J connectivity index is 2.91. The van der Waals surface area contributed by atoms with Gasteiger partial charge < -0.3 is 10.2 Å². The van der Waals surface area contributed by atoms with Gasteiger partial charge in [-0.2, -0.15) is 0 Å². The molecule has 1 rings (SSSR count). The van der Waals surface area contributed by atoms with E-state index in [1.807, 2.05) is 0 Å². The molecule has 4 N–H and O–H groups in total. The monoisotopic (exact) mass is 213 g/mol. The van der Waals surface area contributed by atoms with Crippen LogP contribution in [0.2, 0.25) is 0 Å². The fourth-order valence-electron chi connectivity index (χ4n) is 1.19. The van der Waals surface area contributed by atoms with E-state index in [2.05, 4.69) is 0 Å². The largest absolute Gasteiger partial charge is 0.480 e. The van der Waals surface area contributed by atoms with Crippen molar-refractivity contribution in [3.63, 3.8) is 0 Å². The van der Waals surface area contributed by atoms with Crippen LogP contribution in [0.5, 0.6) is 0 Å². The summed E-state index contributed by atoms with van der Waals surface area (Å²) in [6.45, 7) is 0. The van der Waals surface area contributed by atoms with E-state index < -0.39 is 23.3 Å². The van der Waals surface area contributed by atoms with Crippen LogP contribution in [0.25, 0.3) is 0 Å². The van der Waals surface area contributed by atoms with Crippen molar-refractivity contribution in [3.05, 3.63) is 35.9 Å². The summed E-state index contributed by atoms with van der Waals surface area (Å²) >= 11 is 0. The van der Waals surface area contributed by atoms with Crippen LogP contribution in [0.3, 0.4) is 0 Å². The number of benzene rings is 1. The Kier molecular flexibility index (Phi) is 3.75. The third kappa shape index (κ3) is 2.74. The number of nitrogens with zero attached hydrogens (tertiary/aromatic N) is 1. The molecule has 0 aromatic heterocycles. The van der Waals surface area contributed by atoms with Crippen LogP contribution in [0.15, 0.2) is 30.3 Å². The Hall–Kier alpha value is -1.47. The molecule has 6 nitrogen and oxygen atoms in total. The second-order valence-corrected chi connectivity index (χ2v) is 2.96. The van der Waals surface area contributed by atoms with Crippen molar-refractivity contribution in [2.24, 2.45) is 0 Å². The van der Waals surface area contributed by atoms with Crippen molar-refractivity contribution in [2.45, 2.75) is 12.1 Å². The van der Waals surface area contributed by atoms with E-state index in [0.29, 0.717) is 0 Å². The number of aliphatic carboxylic acids is 1. The van der Waals surface area contributed by atoms with Crippen molar-refractivity contribution in [2.75, 3.05) is 0 Å². The third-order valence-electron chi connectivity index (χ3n) is 1.94. The maximum absolute atomic E-state index is 10.6. The molecule has 0 radical (unpaired) electrons. The fraction of sp³-hybridized carbons (Fsp3) is 0.222. The van der Waals surface area contributed by atoms with Gasteiger partial charge in [0.15, 0.2) is 6.04 Å². The van der Waals surface area contributed by atoms with Gasteiger partial charge in [0.05, 0.1) is 0 Å². The second kappa shape index (κ2) is 4.85. The minimum absolute atomic E-state index is 0.290. The van der Waals surface area contributed by atoms with E-state index >= 15 is 0 Å². The SMILES string of the molecule is O=C(O)[C@H](C(O)c1ccccc1)N(O)O. The number of carboxylic acid groups (broad SMARTS) is 1. The van der Waals surface area contributed by atoms with Gasteiger partial charge in [-0.05, 0) is 5.56 Å². The topological polar surface area (TPSA) is 101 Å². The zero-order valence-electron chi connectivity index (χ0n) is 7.69. The zero-order valence-corrected chi connectivity index (χ0v) is 7.69. The highest BCUT2D eigenvalue weighted by Gasteiger charge is 2.32. The lowest BCUT2D eigenvalue weighted by molar-refractivity contribution is -0.338. The van der Waals surface area contributed by atoms with Crippen LogP contribution in [0, 0.1) is 0 Å². The molecule has 6 heteroatoms. The summed E-state index contributed by atoms with van der Waals surface area (Å²) in [7, 11) is 0. The third-order valence-corrected chi connectivity index (χ3v) is 1.94. The molecule has 1 aromatic carbocycles. The van der Waals surface area contributed by atoms with Crippen LogP contribution in [0.1, 0.15) is 11.7 Å². The molecule has 2 atom stereocenters. The van der Waals surface area contributed by atoms with Gasteiger partial charge in [0.1, 0.15) is 6.10 Å². The number of aliphatic hydroxyl groups is 1. The quantitative estimate of drug-likeness (QED) is 0.535. The molecular formula is C9H11NO5. The molecule has 0 spiro atoms. The molecule has 0 aliphatic heterocycles. The number of hydroxylamine groups is 2. The summed E-state index contributed by atoms with van der Waals surface area (Å²) in [5.74, 6) is -1.53. The molecule has 1 unspecified atom stereocenters. The molecular weight excluding hydrogens is 202 g/mol. The predicted octanol–water partition coefficient (Wildman–Crippen LogP) is 0.254. The second-order valence-electron chi connectivity index (χ2n) is 2.96. The average molecular weight is 213 g/mol. The summed E-state index contributed by atoms with van der Waals surface area (Å²) in [6.07, 6.45) is -1.52. The van der Waals surface area contributed by atoms with Crippen molar-refractivity contribution in [1.82, 2.24) is 5.23 Å². The van der Waals surface area contributed by atoms with Crippen LogP contribution in [-0.2, 0) is 4.79 Å². The van der Waals surface area contributed by atoms with E-state index in [1.54, 1.807) is 18.2 Å². The van der Waals surface area contributed by atoms with Gasteiger partial charge in [0, 0.05) is 0 Å². The summed E-state index contributed by atoms with van der Waals surface area (Å²) in [5.41, 5.74) is 0.290.